The second-order valence-corrected chi connectivity index (χ2v) is 5.53. The number of aliphatic hydroxyl groups excluding tert-OH is 1. The van der Waals surface area contributed by atoms with Crippen molar-refractivity contribution in [1.82, 2.24) is 5.32 Å². The zero-order valence-corrected chi connectivity index (χ0v) is 11.5. The summed E-state index contributed by atoms with van der Waals surface area (Å²) in [7, 11) is 0. The monoisotopic (exact) mass is 275 g/mol. The molecule has 2 nitrogen and oxygen atoms in total. The molecule has 18 heavy (non-hydrogen) atoms. The number of nitrogens with one attached hydrogen (secondary N) is 1. The molecule has 1 atom stereocenters. The van der Waals surface area contributed by atoms with Crippen LogP contribution in [0.25, 0.3) is 0 Å². The molecule has 5 heteroatoms. The van der Waals surface area contributed by atoms with Gasteiger partial charge in [-0.3, -0.25) is 0 Å². The Hall–Kier alpha value is -0.650. The van der Waals surface area contributed by atoms with Gasteiger partial charge in [0.15, 0.2) is 0 Å². The molecule has 0 aliphatic carbocycles. The molecule has 2 N–H and O–H groups in total. The molecule has 0 aliphatic heterocycles. The van der Waals surface area contributed by atoms with Gasteiger partial charge in [-0.1, -0.05) is 6.92 Å². The van der Waals surface area contributed by atoms with Crippen LogP contribution in [0.4, 0.5) is 8.78 Å². The van der Waals surface area contributed by atoms with E-state index in [4.69, 9.17) is 0 Å². The summed E-state index contributed by atoms with van der Waals surface area (Å²) in [6.45, 7) is 4.70. The Labute approximate surface area is 111 Å². The lowest BCUT2D eigenvalue weighted by atomic mass is 10.1. The summed E-state index contributed by atoms with van der Waals surface area (Å²) >= 11 is 1.27. The number of halogens is 2. The zero-order chi connectivity index (χ0) is 13.6. The van der Waals surface area contributed by atoms with Crippen LogP contribution >= 0.6 is 11.8 Å². The van der Waals surface area contributed by atoms with Gasteiger partial charge in [-0.2, -0.15) is 0 Å². The SMILES string of the molecule is CCCNC(C)(CO)CSc1ccc(F)cc1F. The van der Waals surface area contributed by atoms with Gasteiger partial charge in [-0.25, -0.2) is 8.78 Å². The topological polar surface area (TPSA) is 32.3 Å². The highest BCUT2D eigenvalue weighted by atomic mass is 32.2. The minimum Gasteiger partial charge on any atom is -0.394 e. The Morgan fingerprint density at radius 2 is 2.11 bits per heavy atom. The maximum atomic E-state index is 13.4. The highest BCUT2D eigenvalue weighted by Crippen LogP contribution is 2.25. The molecule has 1 aromatic rings. The van der Waals surface area contributed by atoms with Crippen LogP contribution < -0.4 is 5.32 Å². The smallest absolute Gasteiger partial charge is 0.139 e. The van der Waals surface area contributed by atoms with E-state index in [2.05, 4.69) is 5.32 Å². The number of aliphatic hydroxyl groups is 1. The van der Waals surface area contributed by atoms with Crippen LogP contribution in [-0.2, 0) is 0 Å². The summed E-state index contributed by atoms with van der Waals surface area (Å²) < 4.78 is 26.2. The number of rotatable bonds is 7. The highest BCUT2D eigenvalue weighted by Gasteiger charge is 2.23. The number of thioether (sulfide) groups is 1. The molecule has 0 spiro atoms. The van der Waals surface area contributed by atoms with Crippen molar-refractivity contribution in [3.05, 3.63) is 29.8 Å². The van der Waals surface area contributed by atoms with Gasteiger partial charge in [0, 0.05) is 22.3 Å². The van der Waals surface area contributed by atoms with Gasteiger partial charge in [0.1, 0.15) is 11.6 Å². The first-order valence-corrected chi connectivity index (χ1v) is 6.93. The molecule has 102 valence electrons. The maximum absolute atomic E-state index is 13.4. The van der Waals surface area contributed by atoms with Gasteiger partial charge in [0.25, 0.3) is 0 Å². The Bertz CT molecular complexity index is 389. The quantitative estimate of drug-likeness (QED) is 0.751. The van der Waals surface area contributed by atoms with E-state index < -0.39 is 17.2 Å². The van der Waals surface area contributed by atoms with Crippen LogP contribution in [0.3, 0.4) is 0 Å². The largest absolute Gasteiger partial charge is 0.394 e. The van der Waals surface area contributed by atoms with E-state index in [0.717, 1.165) is 19.0 Å². The standard InChI is InChI=1S/C13H19F2NOS/c1-3-6-16-13(2,8-17)9-18-12-5-4-10(14)7-11(12)15/h4-5,7,16-17H,3,6,8-9H2,1-2H3. The van der Waals surface area contributed by atoms with Crippen LogP contribution in [0.2, 0.25) is 0 Å². The molecule has 0 fully saturated rings. The lowest BCUT2D eigenvalue weighted by molar-refractivity contribution is 0.192. The van der Waals surface area contributed by atoms with Gasteiger partial charge >= 0.3 is 0 Å². The fourth-order valence-corrected chi connectivity index (χ4v) is 2.44. The average Bonchev–Trinajstić information content (AvgIpc) is 2.35. The molecule has 1 aromatic carbocycles. The number of benzene rings is 1. The summed E-state index contributed by atoms with van der Waals surface area (Å²) in [4.78, 5) is 0.398. The number of hydrogen-bond donors (Lipinski definition) is 2. The van der Waals surface area contributed by atoms with Gasteiger partial charge in [-0.05, 0) is 32.0 Å². The third-order valence-electron chi connectivity index (χ3n) is 2.59. The van der Waals surface area contributed by atoms with Crippen molar-refractivity contribution in [2.24, 2.45) is 0 Å². The molecule has 0 aromatic heterocycles. The molecule has 1 unspecified atom stereocenters. The van der Waals surface area contributed by atoms with Crippen molar-refractivity contribution >= 4 is 11.8 Å². The average molecular weight is 275 g/mol. The second-order valence-electron chi connectivity index (χ2n) is 4.51. The van der Waals surface area contributed by atoms with Crippen molar-refractivity contribution < 1.29 is 13.9 Å². The van der Waals surface area contributed by atoms with E-state index in [9.17, 15) is 13.9 Å². The summed E-state index contributed by atoms with van der Waals surface area (Å²) in [6.07, 6.45) is 0.963. The third kappa shape index (κ3) is 4.55. The van der Waals surface area contributed by atoms with E-state index in [1.165, 1.54) is 23.9 Å². The predicted octanol–water partition coefficient (Wildman–Crippen LogP) is 2.81. The molecule has 0 bridgehead atoms. The van der Waals surface area contributed by atoms with Crippen LogP contribution in [0.5, 0.6) is 0 Å². The van der Waals surface area contributed by atoms with Gasteiger partial charge < -0.3 is 10.4 Å². The predicted molar refractivity (Wildman–Crippen MR) is 70.9 cm³/mol. The Kier molecular flexibility index (Phi) is 6.05. The molecular formula is C13H19F2NOS. The Morgan fingerprint density at radius 3 is 2.67 bits per heavy atom. The van der Waals surface area contributed by atoms with Gasteiger partial charge in [-0.15, -0.1) is 11.8 Å². The van der Waals surface area contributed by atoms with Crippen molar-refractivity contribution in [3.63, 3.8) is 0 Å². The first-order valence-electron chi connectivity index (χ1n) is 5.94. The molecule has 0 saturated heterocycles. The van der Waals surface area contributed by atoms with Crippen LogP contribution in [0, 0.1) is 11.6 Å². The summed E-state index contributed by atoms with van der Waals surface area (Å²) in [5.41, 5.74) is -0.457. The molecule has 0 aliphatic rings. The third-order valence-corrected chi connectivity index (χ3v) is 4.01. The molecule has 0 radical (unpaired) electrons. The van der Waals surface area contributed by atoms with E-state index in [1.54, 1.807) is 0 Å². The Morgan fingerprint density at radius 1 is 1.39 bits per heavy atom. The van der Waals surface area contributed by atoms with Crippen molar-refractivity contribution in [2.75, 3.05) is 18.9 Å². The highest BCUT2D eigenvalue weighted by molar-refractivity contribution is 7.99. The summed E-state index contributed by atoms with van der Waals surface area (Å²) in [5.74, 6) is -0.617. The van der Waals surface area contributed by atoms with Crippen molar-refractivity contribution in [1.29, 1.82) is 0 Å². The minimum atomic E-state index is -0.578. The summed E-state index contributed by atoms with van der Waals surface area (Å²) in [6, 6.07) is 3.53. The fourth-order valence-electron chi connectivity index (χ4n) is 1.41. The lowest BCUT2D eigenvalue weighted by Crippen LogP contribution is -2.48. The van der Waals surface area contributed by atoms with Gasteiger partial charge in [0.2, 0.25) is 0 Å². The lowest BCUT2D eigenvalue weighted by Gasteiger charge is -2.28. The van der Waals surface area contributed by atoms with E-state index >= 15 is 0 Å². The number of hydrogen-bond acceptors (Lipinski definition) is 3. The van der Waals surface area contributed by atoms with E-state index in [-0.39, 0.29) is 6.61 Å². The molecule has 0 heterocycles. The molecule has 1 rings (SSSR count). The van der Waals surface area contributed by atoms with Gasteiger partial charge in [0.05, 0.1) is 6.61 Å². The van der Waals surface area contributed by atoms with Crippen molar-refractivity contribution in [2.45, 2.75) is 30.7 Å². The van der Waals surface area contributed by atoms with Crippen LogP contribution in [0.15, 0.2) is 23.1 Å². The summed E-state index contributed by atoms with van der Waals surface area (Å²) in [5, 5.41) is 12.6. The second kappa shape index (κ2) is 7.07. The zero-order valence-electron chi connectivity index (χ0n) is 10.7. The fraction of sp³-hybridized carbons (Fsp3) is 0.538. The van der Waals surface area contributed by atoms with Crippen molar-refractivity contribution in [3.8, 4) is 0 Å². The molecule has 0 amide bonds. The van der Waals surface area contributed by atoms with Crippen LogP contribution in [-0.4, -0.2) is 29.5 Å². The minimum absolute atomic E-state index is 0.0250. The first-order chi connectivity index (χ1) is 8.50. The molecular weight excluding hydrogens is 256 g/mol. The maximum Gasteiger partial charge on any atom is 0.139 e. The first kappa shape index (κ1) is 15.4. The Balaban J connectivity index is 2.61. The van der Waals surface area contributed by atoms with E-state index in [0.29, 0.717) is 10.6 Å². The van der Waals surface area contributed by atoms with Crippen LogP contribution in [0.1, 0.15) is 20.3 Å². The normalized spacial score (nSPS) is 14.5. The van der Waals surface area contributed by atoms with E-state index in [1.807, 2.05) is 13.8 Å². The molecule has 0 saturated carbocycles.